The van der Waals surface area contributed by atoms with Crippen molar-refractivity contribution in [1.29, 1.82) is 0 Å². The van der Waals surface area contributed by atoms with Crippen LogP contribution in [0.1, 0.15) is 11.3 Å². The number of hydrogen-bond acceptors (Lipinski definition) is 6. The van der Waals surface area contributed by atoms with E-state index in [0.717, 1.165) is 22.4 Å². The van der Waals surface area contributed by atoms with Gasteiger partial charge in [-0.3, -0.25) is 0 Å². The first-order valence-corrected chi connectivity index (χ1v) is 9.91. The summed E-state index contributed by atoms with van der Waals surface area (Å²) < 4.78 is 43.4. The fourth-order valence-electron chi connectivity index (χ4n) is 2.92. The Morgan fingerprint density at radius 3 is 2.59 bits per heavy atom. The number of benzene rings is 2. The minimum atomic E-state index is -3.65. The first-order chi connectivity index (χ1) is 13.0. The Kier molecular flexibility index (Phi) is 4.59. The van der Waals surface area contributed by atoms with Crippen LogP contribution in [0.5, 0.6) is 11.5 Å². The van der Waals surface area contributed by atoms with Gasteiger partial charge in [-0.1, -0.05) is 17.3 Å². The highest BCUT2D eigenvalue weighted by molar-refractivity contribution is 7.89. The van der Waals surface area contributed by atoms with Gasteiger partial charge in [0, 0.05) is 6.07 Å². The zero-order valence-electron chi connectivity index (χ0n) is 14.6. The molecular formula is C19H18N2O5S. The average Bonchev–Trinajstić information content (AvgIpc) is 3.20. The van der Waals surface area contributed by atoms with Gasteiger partial charge in [-0.25, -0.2) is 13.1 Å². The number of aryl methyl sites for hydroxylation is 1. The molecule has 0 amide bonds. The van der Waals surface area contributed by atoms with Crippen LogP contribution in [0.3, 0.4) is 0 Å². The van der Waals surface area contributed by atoms with Crippen LogP contribution >= 0.6 is 0 Å². The van der Waals surface area contributed by atoms with Gasteiger partial charge in [0.2, 0.25) is 10.0 Å². The molecule has 0 aliphatic carbocycles. The summed E-state index contributed by atoms with van der Waals surface area (Å²) in [4.78, 5) is 0.199. The third kappa shape index (κ3) is 3.67. The summed E-state index contributed by atoms with van der Waals surface area (Å²) in [5.41, 5.74) is 3.23. The van der Waals surface area contributed by atoms with Crippen molar-refractivity contribution >= 4 is 10.0 Å². The van der Waals surface area contributed by atoms with Crippen molar-refractivity contribution in [1.82, 2.24) is 9.88 Å². The first-order valence-electron chi connectivity index (χ1n) is 8.42. The first kappa shape index (κ1) is 17.6. The number of fused-ring (bicyclic) bond motifs is 1. The molecule has 0 saturated heterocycles. The van der Waals surface area contributed by atoms with E-state index in [9.17, 15) is 8.42 Å². The number of rotatable bonds is 5. The van der Waals surface area contributed by atoms with Gasteiger partial charge in [0.15, 0.2) is 11.5 Å². The molecule has 1 N–H and O–H groups in total. The van der Waals surface area contributed by atoms with Crippen LogP contribution in [-0.2, 0) is 16.6 Å². The second-order valence-corrected chi connectivity index (χ2v) is 7.92. The van der Waals surface area contributed by atoms with Crippen LogP contribution in [0.4, 0.5) is 0 Å². The van der Waals surface area contributed by atoms with Crippen LogP contribution in [0, 0.1) is 6.92 Å². The average molecular weight is 386 g/mol. The molecule has 0 saturated carbocycles. The Balaban J connectivity index is 1.59. The Labute approximate surface area is 157 Å². The molecule has 0 radical (unpaired) electrons. The van der Waals surface area contributed by atoms with Crippen LogP contribution in [0.25, 0.3) is 11.1 Å². The summed E-state index contributed by atoms with van der Waals surface area (Å²) in [6.45, 7) is 3.01. The lowest BCUT2D eigenvalue weighted by Crippen LogP contribution is -2.23. The van der Waals surface area contributed by atoms with Gasteiger partial charge < -0.3 is 14.0 Å². The highest BCUT2D eigenvalue weighted by Crippen LogP contribution is 2.35. The smallest absolute Gasteiger partial charge is 0.240 e. The summed E-state index contributed by atoms with van der Waals surface area (Å²) in [6.07, 6.45) is 1.40. The molecule has 2 aromatic carbocycles. The van der Waals surface area contributed by atoms with E-state index in [4.69, 9.17) is 14.0 Å². The quantitative estimate of drug-likeness (QED) is 0.725. The fourth-order valence-corrected chi connectivity index (χ4v) is 4.00. The molecule has 7 nitrogen and oxygen atoms in total. The lowest BCUT2D eigenvalue weighted by atomic mass is 10.0. The summed E-state index contributed by atoms with van der Waals surface area (Å²) in [6, 6.07) is 12.4. The van der Waals surface area contributed by atoms with Gasteiger partial charge in [-0.15, -0.1) is 0 Å². The van der Waals surface area contributed by atoms with Crippen molar-refractivity contribution in [2.45, 2.75) is 18.4 Å². The van der Waals surface area contributed by atoms with Crippen molar-refractivity contribution in [3.8, 4) is 22.6 Å². The van der Waals surface area contributed by atoms with Gasteiger partial charge in [0.25, 0.3) is 0 Å². The summed E-state index contributed by atoms with van der Waals surface area (Å²) in [5, 5.41) is 3.70. The monoisotopic (exact) mass is 386 g/mol. The van der Waals surface area contributed by atoms with E-state index < -0.39 is 10.0 Å². The van der Waals surface area contributed by atoms with E-state index in [1.54, 1.807) is 24.3 Å². The van der Waals surface area contributed by atoms with Gasteiger partial charge in [-0.05, 0) is 47.9 Å². The summed E-state index contributed by atoms with van der Waals surface area (Å²) in [5.74, 6) is 1.42. The molecule has 27 heavy (non-hydrogen) atoms. The Hall–Kier alpha value is -2.84. The van der Waals surface area contributed by atoms with Crippen molar-refractivity contribution in [2.75, 3.05) is 13.2 Å². The SMILES string of the molecule is Cc1cc(S(=O)(=O)NCc2ccon2)ccc1-c1ccc2c(c1)OCCO2. The molecular weight excluding hydrogens is 368 g/mol. The maximum Gasteiger partial charge on any atom is 0.240 e. The second-order valence-electron chi connectivity index (χ2n) is 6.15. The summed E-state index contributed by atoms with van der Waals surface area (Å²) in [7, 11) is -3.65. The van der Waals surface area contributed by atoms with Crippen LogP contribution in [0.15, 0.2) is 58.1 Å². The van der Waals surface area contributed by atoms with Crippen LogP contribution < -0.4 is 14.2 Å². The predicted octanol–water partition coefficient (Wildman–Crippen LogP) is 2.90. The fraction of sp³-hybridized carbons (Fsp3) is 0.211. The molecule has 8 heteroatoms. The molecule has 3 aromatic rings. The second kappa shape index (κ2) is 7.05. The molecule has 4 rings (SSSR count). The maximum absolute atomic E-state index is 12.5. The molecule has 2 heterocycles. The number of nitrogens with zero attached hydrogens (tertiary/aromatic N) is 1. The topological polar surface area (TPSA) is 90.7 Å². The zero-order chi connectivity index (χ0) is 18.9. The predicted molar refractivity (Wildman–Crippen MR) is 98.1 cm³/mol. The zero-order valence-corrected chi connectivity index (χ0v) is 15.5. The molecule has 0 unspecified atom stereocenters. The lowest BCUT2D eigenvalue weighted by molar-refractivity contribution is 0.171. The molecule has 1 aromatic heterocycles. The third-order valence-corrected chi connectivity index (χ3v) is 5.69. The van der Waals surface area contributed by atoms with Crippen molar-refractivity contribution in [2.24, 2.45) is 0 Å². The normalized spacial score (nSPS) is 13.5. The van der Waals surface area contributed by atoms with Crippen molar-refractivity contribution < 1.29 is 22.4 Å². The lowest BCUT2D eigenvalue weighted by Gasteiger charge is -2.19. The van der Waals surface area contributed by atoms with E-state index in [1.165, 1.54) is 6.26 Å². The van der Waals surface area contributed by atoms with E-state index >= 15 is 0 Å². The Bertz CT molecular complexity index is 1060. The highest BCUT2D eigenvalue weighted by atomic mass is 32.2. The largest absolute Gasteiger partial charge is 0.486 e. The Morgan fingerprint density at radius 2 is 1.85 bits per heavy atom. The number of aromatic nitrogens is 1. The maximum atomic E-state index is 12.5. The van der Waals surface area contributed by atoms with Gasteiger partial charge in [0.1, 0.15) is 19.5 Å². The minimum absolute atomic E-state index is 0.0712. The molecule has 140 valence electrons. The van der Waals surface area contributed by atoms with Gasteiger partial charge >= 0.3 is 0 Å². The van der Waals surface area contributed by atoms with E-state index in [0.29, 0.717) is 24.7 Å². The molecule has 1 aliphatic heterocycles. The van der Waals surface area contributed by atoms with Crippen LogP contribution in [0.2, 0.25) is 0 Å². The third-order valence-electron chi connectivity index (χ3n) is 4.30. The number of ether oxygens (including phenoxy) is 2. The Morgan fingerprint density at radius 1 is 1.04 bits per heavy atom. The number of nitrogens with one attached hydrogen (secondary N) is 1. The summed E-state index contributed by atoms with van der Waals surface area (Å²) >= 11 is 0. The van der Waals surface area contributed by atoms with E-state index in [-0.39, 0.29) is 11.4 Å². The van der Waals surface area contributed by atoms with E-state index in [2.05, 4.69) is 9.88 Å². The minimum Gasteiger partial charge on any atom is -0.486 e. The van der Waals surface area contributed by atoms with Crippen molar-refractivity contribution in [3.63, 3.8) is 0 Å². The molecule has 0 spiro atoms. The standard InChI is InChI=1S/C19H18N2O5S/c1-13-10-16(27(22,23)20-12-15-6-7-26-21-15)3-4-17(13)14-2-5-18-19(11-14)25-9-8-24-18/h2-7,10-11,20H,8-9,12H2,1H3. The van der Waals surface area contributed by atoms with Gasteiger partial charge in [-0.2, -0.15) is 0 Å². The van der Waals surface area contributed by atoms with Crippen molar-refractivity contribution in [3.05, 3.63) is 60.0 Å². The molecule has 0 atom stereocenters. The highest BCUT2D eigenvalue weighted by Gasteiger charge is 2.17. The number of hydrogen-bond donors (Lipinski definition) is 1. The number of sulfonamides is 1. The molecule has 0 fully saturated rings. The molecule has 0 bridgehead atoms. The van der Waals surface area contributed by atoms with Crippen LogP contribution in [-0.4, -0.2) is 26.8 Å². The molecule has 1 aliphatic rings. The van der Waals surface area contributed by atoms with Gasteiger partial charge in [0.05, 0.1) is 17.1 Å². The van der Waals surface area contributed by atoms with E-state index in [1.807, 2.05) is 25.1 Å².